The van der Waals surface area contributed by atoms with E-state index in [4.69, 9.17) is 0 Å². The summed E-state index contributed by atoms with van der Waals surface area (Å²) in [6.07, 6.45) is -0.864. The molecule has 1 heterocycles. The Morgan fingerprint density at radius 3 is 2.07 bits per heavy atom. The van der Waals surface area contributed by atoms with E-state index >= 15 is 0 Å². The van der Waals surface area contributed by atoms with Crippen LogP contribution in [0.3, 0.4) is 0 Å². The van der Waals surface area contributed by atoms with E-state index in [1.54, 1.807) is 12.4 Å². The SMILES string of the molecule is CC(CC(=O)NC(c1ccccc1)c1ccncc1)c1ccc(C(F)(F)F)cc1. The van der Waals surface area contributed by atoms with E-state index in [1.165, 1.54) is 12.1 Å². The van der Waals surface area contributed by atoms with Gasteiger partial charge in [-0.05, 0) is 46.9 Å². The molecule has 150 valence electrons. The van der Waals surface area contributed by atoms with Crippen molar-refractivity contribution in [1.29, 1.82) is 0 Å². The number of carbonyl (C=O) groups excluding carboxylic acids is 1. The van der Waals surface area contributed by atoms with Gasteiger partial charge in [0.1, 0.15) is 0 Å². The smallest absolute Gasteiger partial charge is 0.345 e. The molecule has 0 radical (unpaired) electrons. The van der Waals surface area contributed by atoms with Crippen LogP contribution in [0.15, 0.2) is 79.1 Å². The lowest BCUT2D eigenvalue weighted by Crippen LogP contribution is -2.30. The summed E-state index contributed by atoms with van der Waals surface area (Å²) in [6, 6.07) is 17.9. The van der Waals surface area contributed by atoms with Gasteiger partial charge in [0.15, 0.2) is 0 Å². The Kier molecular flexibility index (Phi) is 6.32. The first-order valence-electron chi connectivity index (χ1n) is 9.26. The molecule has 29 heavy (non-hydrogen) atoms. The van der Waals surface area contributed by atoms with Crippen LogP contribution >= 0.6 is 0 Å². The fraction of sp³-hybridized carbons (Fsp3) is 0.217. The molecule has 1 aromatic heterocycles. The lowest BCUT2D eigenvalue weighted by molar-refractivity contribution is -0.137. The number of alkyl halides is 3. The van der Waals surface area contributed by atoms with Crippen molar-refractivity contribution < 1.29 is 18.0 Å². The number of aromatic nitrogens is 1. The maximum absolute atomic E-state index is 12.7. The third kappa shape index (κ3) is 5.44. The second-order valence-corrected chi connectivity index (χ2v) is 6.92. The number of benzene rings is 2. The summed E-state index contributed by atoms with van der Waals surface area (Å²) in [5.41, 5.74) is 1.84. The summed E-state index contributed by atoms with van der Waals surface area (Å²) in [5, 5.41) is 3.04. The van der Waals surface area contributed by atoms with Crippen molar-refractivity contribution in [3.8, 4) is 0 Å². The normalized spacial score (nSPS) is 13.5. The van der Waals surface area contributed by atoms with Crippen LogP contribution in [0.4, 0.5) is 13.2 Å². The molecule has 1 N–H and O–H groups in total. The van der Waals surface area contributed by atoms with Gasteiger partial charge in [-0.3, -0.25) is 9.78 Å². The second kappa shape index (κ2) is 8.90. The molecule has 2 aromatic carbocycles. The predicted molar refractivity (Wildman–Crippen MR) is 105 cm³/mol. The number of nitrogens with zero attached hydrogens (tertiary/aromatic N) is 1. The van der Waals surface area contributed by atoms with Gasteiger partial charge >= 0.3 is 6.18 Å². The monoisotopic (exact) mass is 398 g/mol. The average Bonchev–Trinajstić information content (AvgIpc) is 2.73. The van der Waals surface area contributed by atoms with Gasteiger partial charge in [0, 0.05) is 18.8 Å². The van der Waals surface area contributed by atoms with Gasteiger partial charge in [0.2, 0.25) is 5.91 Å². The number of amides is 1. The quantitative estimate of drug-likeness (QED) is 0.596. The number of hydrogen-bond acceptors (Lipinski definition) is 2. The minimum atomic E-state index is -4.37. The number of pyridine rings is 1. The van der Waals surface area contributed by atoms with Gasteiger partial charge in [-0.15, -0.1) is 0 Å². The van der Waals surface area contributed by atoms with Crippen LogP contribution in [0.2, 0.25) is 0 Å². The molecule has 0 aliphatic heterocycles. The maximum Gasteiger partial charge on any atom is 0.416 e. The van der Waals surface area contributed by atoms with Crippen molar-refractivity contribution >= 4 is 5.91 Å². The highest BCUT2D eigenvalue weighted by Crippen LogP contribution is 2.31. The van der Waals surface area contributed by atoms with Crippen LogP contribution in [-0.4, -0.2) is 10.9 Å². The minimum Gasteiger partial charge on any atom is -0.345 e. The van der Waals surface area contributed by atoms with E-state index in [-0.39, 0.29) is 24.3 Å². The van der Waals surface area contributed by atoms with Crippen LogP contribution in [-0.2, 0) is 11.0 Å². The van der Waals surface area contributed by atoms with E-state index < -0.39 is 11.7 Å². The Labute approximate surface area is 167 Å². The zero-order chi connectivity index (χ0) is 20.9. The standard InChI is InChI=1S/C23H21F3N2O/c1-16(17-7-9-20(10-8-17)23(24,25)26)15-21(29)28-22(18-5-3-2-4-6-18)19-11-13-27-14-12-19/h2-14,16,22H,15H2,1H3,(H,28,29). The van der Waals surface area contributed by atoms with Crippen molar-refractivity contribution in [2.75, 3.05) is 0 Å². The van der Waals surface area contributed by atoms with Gasteiger partial charge in [-0.1, -0.05) is 49.4 Å². The Bertz CT molecular complexity index is 886. The van der Waals surface area contributed by atoms with E-state index in [0.717, 1.165) is 23.3 Å². The largest absolute Gasteiger partial charge is 0.416 e. The number of rotatable bonds is 6. The summed E-state index contributed by atoms with van der Waals surface area (Å²) < 4.78 is 38.2. The topological polar surface area (TPSA) is 42.0 Å². The molecule has 2 atom stereocenters. The van der Waals surface area contributed by atoms with Crippen molar-refractivity contribution in [2.24, 2.45) is 0 Å². The lowest BCUT2D eigenvalue weighted by Gasteiger charge is -2.21. The molecule has 0 bridgehead atoms. The molecule has 3 rings (SSSR count). The average molecular weight is 398 g/mol. The molecule has 0 fully saturated rings. The Hall–Kier alpha value is -3.15. The molecule has 0 saturated heterocycles. The van der Waals surface area contributed by atoms with Crippen molar-refractivity contribution in [1.82, 2.24) is 10.3 Å². The molecule has 6 heteroatoms. The van der Waals surface area contributed by atoms with Crippen LogP contribution in [0.5, 0.6) is 0 Å². The van der Waals surface area contributed by atoms with Gasteiger partial charge in [-0.25, -0.2) is 0 Å². The summed E-state index contributed by atoms with van der Waals surface area (Å²) in [6.45, 7) is 1.83. The van der Waals surface area contributed by atoms with Crippen LogP contribution in [0, 0.1) is 0 Å². The first kappa shape index (κ1) is 20.6. The zero-order valence-electron chi connectivity index (χ0n) is 15.9. The molecule has 0 spiro atoms. The molecule has 1 amide bonds. The van der Waals surface area contributed by atoms with Gasteiger partial charge < -0.3 is 5.32 Å². The number of carbonyl (C=O) groups is 1. The number of hydrogen-bond donors (Lipinski definition) is 1. The molecular weight excluding hydrogens is 377 g/mol. The highest BCUT2D eigenvalue weighted by molar-refractivity contribution is 5.78. The Morgan fingerprint density at radius 2 is 1.48 bits per heavy atom. The third-order valence-electron chi connectivity index (χ3n) is 4.78. The Morgan fingerprint density at radius 1 is 0.897 bits per heavy atom. The number of halogens is 3. The molecule has 2 unspecified atom stereocenters. The first-order valence-corrected chi connectivity index (χ1v) is 9.26. The molecule has 0 aliphatic carbocycles. The third-order valence-corrected chi connectivity index (χ3v) is 4.78. The summed E-state index contributed by atoms with van der Waals surface area (Å²) in [5.74, 6) is -0.394. The summed E-state index contributed by atoms with van der Waals surface area (Å²) in [4.78, 5) is 16.7. The highest BCUT2D eigenvalue weighted by atomic mass is 19.4. The first-order chi connectivity index (χ1) is 13.8. The molecule has 0 saturated carbocycles. The van der Waals surface area contributed by atoms with Crippen molar-refractivity contribution in [3.05, 3.63) is 101 Å². The van der Waals surface area contributed by atoms with E-state index in [0.29, 0.717) is 5.56 Å². The summed E-state index contributed by atoms with van der Waals surface area (Å²) in [7, 11) is 0. The van der Waals surface area contributed by atoms with Gasteiger partial charge in [-0.2, -0.15) is 13.2 Å². The van der Waals surface area contributed by atoms with Crippen LogP contribution < -0.4 is 5.32 Å². The highest BCUT2D eigenvalue weighted by Gasteiger charge is 2.30. The molecule has 3 aromatic rings. The molecular formula is C23H21F3N2O. The fourth-order valence-electron chi connectivity index (χ4n) is 3.18. The Balaban J connectivity index is 1.72. The molecule has 0 aliphatic rings. The maximum atomic E-state index is 12.7. The minimum absolute atomic E-state index is 0.166. The van der Waals surface area contributed by atoms with Crippen molar-refractivity contribution in [3.63, 3.8) is 0 Å². The van der Waals surface area contributed by atoms with Crippen molar-refractivity contribution in [2.45, 2.75) is 31.5 Å². The number of nitrogens with one attached hydrogen (secondary N) is 1. The van der Waals surface area contributed by atoms with Crippen LogP contribution in [0.25, 0.3) is 0 Å². The second-order valence-electron chi connectivity index (χ2n) is 6.92. The predicted octanol–water partition coefficient (Wildman–Crippen LogP) is 5.50. The van der Waals surface area contributed by atoms with Gasteiger partial charge in [0.05, 0.1) is 11.6 Å². The van der Waals surface area contributed by atoms with E-state index in [9.17, 15) is 18.0 Å². The van der Waals surface area contributed by atoms with E-state index in [1.807, 2.05) is 49.4 Å². The lowest BCUT2D eigenvalue weighted by atomic mass is 9.95. The molecule has 3 nitrogen and oxygen atoms in total. The fourth-order valence-corrected chi connectivity index (χ4v) is 3.18. The van der Waals surface area contributed by atoms with E-state index in [2.05, 4.69) is 10.3 Å². The van der Waals surface area contributed by atoms with Gasteiger partial charge in [0.25, 0.3) is 0 Å². The zero-order valence-corrected chi connectivity index (χ0v) is 15.9. The summed E-state index contributed by atoms with van der Waals surface area (Å²) >= 11 is 0. The van der Waals surface area contributed by atoms with Crippen LogP contribution in [0.1, 0.15) is 47.6 Å².